The highest BCUT2D eigenvalue weighted by Crippen LogP contribution is 2.26. The molecule has 2 aromatic carbocycles. The van der Waals surface area contributed by atoms with Crippen molar-refractivity contribution in [3.63, 3.8) is 0 Å². The molecule has 130 valence electrons. The smallest absolute Gasteiger partial charge is 0.338 e. The van der Waals surface area contributed by atoms with E-state index in [9.17, 15) is 9.59 Å². The van der Waals surface area contributed by atoms with Gasteiger partial charge in [-0.05, 0) is 44.2 Å². The van der Waals surface area contributed by atoms with Gasteiger partial charge < -0.3 is 4.74 Å². The van der Waals surface area contributed by atoms with E-state index in [0.29, 0.717) is 16.9 Å². The zero-order chi connectivity index (χ0) is 18.3. The van der Waals surface area contributed by atoms with Crippen molar-refractivity contribution in [2.75, 3.05) is 0 Å². The molecule has 0 spiro atoms. The number of ether oxygens (including phenoxy) is 1. The number of aromatic nitrogens is 2. The van der Waals surface area contributed by atoms with Gasteiger partial charge in [-0.15, -0.1) is 5.11 Å². The van der Waals surface area contributed by atoms with Crippen LogP contribution in [-0.2, 0) is 11.3 Å². The molecule has 7 nitrogen and oxygen atoms in total. The zero-order valence-electron chi connectivity index (χ0n) is 14.3. The number of nitrogens with one attached hydrogen (secondary N) is 1. The number of carbonyl (C=O) groups excluding carboxylic acids is 1. The fraction of sp³-hybridized carbons (Fsp3) is 0.158. The molecule has 2 heterocycles. The predicted molar refractivity (Wildman–Crippen MR) is 95.6 cm³/mol. The maximum atomic E-state index is 12.6. The molecule has 0 fully saturated rings. The summed E-state index contributed by atoms with van der Waals surface area (Å²) in [5.41, 5.74) is 4.33. The maximum absolute atomic E-state index is 12.6. The highest BCUT2D eigenvalue weighted by Gasteiger charge is 2.21. The van der Waals surface area contributed by atoms with Crippen molar-refractivity contribution in [3.8, 4) is 5.69 Å². The van der Waals surface area contributed by atoms with E-state index in [1.54, 1.807) is 25.1 Å². The summed E-state index contributed by atoms with van der Waals surface area (Å²) in [7, 11) is 0. The Morgan fingerprint density at radius 2 is 1.81 bits per heavy atom. The number of H-pyrrole nitrogens is 1. The van der Waals surface area contributed by atoms with Gasteiger partial charge >= 0.3 is 5.97 Å². The number of fused-ring (bicyclic) bond motifs is 1. The lowest BCUT2D eigenvalue weighted by Crippen LogP contribution is -2.13. The Balaban J connectivity index is 1.67. The summed E-state index contributed by atoms with van der Waals surface area (Å²) in [5.74, 6) is -0.328. The Bertz CT molecular complexity index is 1090. The fourth-order valence-electron chi connectivity index (χ4n) is 2.82. The Morgan fingerprint density at radius 3 is 2.58 bits per heavy atom. The lowest BCUT2D eigenvalue weighted by atomic mass is 10.1. The van der Waals surface area contributed by atoms with Crippen LogP contribution < -0.4 is 5.56 Å². The van der Waals surface area contributed by atoms with E-state index in [1.165, 1.54) is 4.68 Å². The highest BCUT2D eigenvalue weighted by molar-refractivity contribution is 5.93. The quantitative estimate of drug-likeness (QED) is 0.575. The van der Waals surface area contributed by atoms with Crippen molar-refractivity contribution in [1.82, 2.24) is 9.78 Å². The van der Waals surface area contributed by atoms with E-state index in [-0.39, 0.29) is 23.8 Å². The number of benzene rings is 2. The van der Waals surface area contributed by atoms with Gasteiger partial charge in [-0.3, -0.25) is 9.89 Å². The fourth-order valence-corrected chi connectivity index (χ4v) is 2.82. The van der Waals surface area contributed by atoms with Crippen LogP contribution in [0.5, 0.6) is 0 Å². The van der Waals surface area contributed by atoms with E-state index in [2.05, 4.69) is 15.3 Å². The molecule has 0 amide bonds. The summed E-state index contributed by atoms with van der Waals surface area (Å²) in [6.07, 6.45) is 0. The van der Waals surface area contributed by atoms with E-state index >= 15 is 0 Å². The third-order valence-electron chi connectivity index (χ3n) is 4.27. The van der Waals surface area contributed by atoms with Gasteiger partial charge in [-0.1, -0.05) is 17.7 Å². The number of carbonyl (C=O) groups is 1. The Morgan fingerprint density at radius 1 is 1.04 bits per heavy atom. The Kier molecular flexibility index (Phi) is 3.76. The first kappa shape index (κ1) is 16.0. The molecule has 0 saturated heterocycles. The molecule has 1 N–H and O–H groups in total. The van der Waals surface area contributed by atoms with Crippen LogP contribution in [0.2, 0.25) is 0 Å². The number of esters is 1. The summed E-state index contributed by atoms with van der Waals surface area (Å²) in [5, 5.41) is 11.3. The van der Waals surface area contributed by atoms with Gasteiger partial charge in [0.15, 0.2) is 5.69 Å². The first-order valence-corrected chi connectivity index (χ1v) is 8.13. The number of rotatable bonds is 3. The van der Waals surface area contributed by atoms with Crippen LogP contribution in [0.1, 0.15) is 27.2 Å². The van der Waals surface area contributed by atoms with Gasteiger partial charge in [0.1, 0.15) is 6.61 Å². The van der Waals surface area contributed by atoms with Crippen LogP contribution in [0, 0.1) is 13.8 Å². The average molecular weight is 348 g/mol. The molecule has 3 aromatic rings. The molecule has 26 heavy (non-hydrogen) atoms. The van der Waals surface area contributed by atoms with Crippen molar-refractivity contribution in [2.45, 2.75) is 20.5 Å². The van der Waals surface area contributed by atoms with E-state index < -0.39 is 0 Å². The van der Waals surface area contributed by atoms with E-state index in [1.807, 2.05) is 31.2 Å². The van der Waals surface area contributed by atoms with Crippen LogP contribution in [0.15, 0.2) is 57.5 Å². The van der Waals surface area contributed by atoms with Gasteiger partial charge in [-0.2, -0.15) is 5.11 Å². The second-order valence-electron chi connectivity index (χ2n) is 6.18. The number of nitrogens with zero attached hydrogens (tertiary/aromatic N) is 3. The Labute approximate surface area is 148 Å². The lowest BCUT2D eigenvalue weighted by molar-refractivity contribution is 0.0535. The van der Waals surface area contributed by atoms with Gasteiger partial charge in [0.25, 0.3) is 5.56 Å². The summed E-state index contributed by atoms with van der Waals surface area (Å²) in [6.45, 7) is 4.00. The molecule has 4 rings (SSSR count). The average Bonchev–Trinajstić information content (AvgIpc) is 3.14. The van der Waals surface area contributed by atoms with Gasteiger partial charge in [0.05, 0.1) is 22.6 Å². The monoisotopic (exact) mass is 348 g/mol. The minimum atomic E-state index is -0.328. The molecule has 1 aromatic heterocycles. The molecule has 1 aliphatic rings. The third kappa shape index (κ3) is 2.73. The van der Waals surface area contributed by atoms with Gasteiger partial charge in [-0.25, -0.2) is 9.48 Å². The number of aryl methyl sites for hydroxylation is 2. The van der Waals surface area contributed by atoms with Crippen molar-refractivity contribution in [3.05, 3.63) is 75.2 Å². The molecular weight excluding hydrogens is 332 g/mol. The van der Waals surface area contributed by atoms with Gasteiger partial charge in [0.2, 0.25) is 0 Å². The van der Waals surface area contributed by atoms with Crippen LogP contribution in [0.4, 0.5) is 11.4 Å². The standard InChI is InChI=1S/C19H16N4O3/c1-11-3-6-15(7-4-11)23-18(24)17(12(2)22-23)21-20-14-5-8-16-13(9-14)10-26-19(16)25/h3-9,22H,10H2,1-2H3. The molecule has 0 aliphatic carbocycles. The molecular formula is C19H16N4O3. The molecule has 0 atom stereocenters. The first-order chi connectivity index (χ1) is 12.5. The number of cyclic esters (lactones) is 1. The summed E-state index contributed by atoms with van der Waals surface area (Å²) >= 11 is 0. The largest absolute Gasteiger partial charge is 0.457 e. The van der Waals surface area contributed by atoms with Crippen molar-refractivity contribution < 1.29 is 9.53 Å². The maximum Gasteiger partial charge on any atom is 0.338 e. The minimum Gasteiger partial charge on any atom is -0.457 e. The zero-order valence-corrected chi connectivity index (χ0v) is 14.3. The predicted octanol–water partition coefficient (Wildman–Crippen LogP) is 3.87. The lowest BCUT2D eigenvalue weighted by Gasteiger charge is -2.01. The van der Waals surface area contributed by atoms with Crippen LogP contribution in [-0.4, -0.2) is 15.7 Å². The molecule has 0 radical (unpaired) electrons. The molecule has 0 bridgehead atoms. The van der Waals surface area contributed by atoms with Crippen LogP contribution in [0.3, 0.4) is 0 Å². The molecule has 7 heteroatoms. The summed E-state index contributed by atoms with van der Waals surface area (Å²) in [4.78, 5) is 24.1. The van der Waals surface area contributed by atoms with Crippen molar-refractivity contribution in [1.29, 1.82) is 0 Å². The van der Waals surface area contributed by atoms with E-state index in [0.717, 1.165) is 16.8 Å². The molecule has 0 unspecified atom stereocenters. The second-order valence-corrected chi connectivity index (χ2v) is 6.18. The normalized spacial score (nSPS) is 13.2. The number of azo groups is 1. The van der Waals surface area contributed by atoms with E-state index in [4.69, 9.17) is 4.74 Å². The highest BCUT2D eigenvalue weighted by atomic mass is 16.5. The number of aromatic amines is 1. The molecule has 0 saturated carbocycles. The first-order valence-electron chi connectivity index (χ1n) is 8.13. The third-order valence-corrected chi connectivity index (χ3v) is 4.27. The van der Waals surface area contributed by atoms with Crippen molar-refractivity contribution in [2.24, 2.45) is 10.2 Å². The Hall–Kier alpha value is -3.48. The van der Waals surface area contributed by atoms with Crippen LogP contribution >= 0.6 is 0 Å². The van der Waals surface area contributed by atoms with Crippen LogP contribution in [0.25, 0.3) is 5.69 Å². The van der Waals surface area contributed by atoms with Crippen molar-refractivity contribution >= 4 is 17.3 Å². The summed E-state index contributed by atoms with van der Waals surface area (Å²) in [6, 6.07) is 12.7. The summed E-state index contributed by atoms with van der Waals surface area (Å²) < 4.78 is 6.41. The number of hydrogen-bond donors (Lipinski definition) is 1. The topological polar surface area (TPSA) is 88.8 Å². The number of hydrogen-bond acceptors (Lipinski definition) is 5. The minimum absolute atomic E-state index is 0.237. The SMILES string of the molecule is Cc1ccc(-n2[nH]c(C)c(N=Nc3ccc4c(c3)COC4=O)c2=O)cc1. The molecule has 1 aliphatic heterocycles. The van der Waals surface area contributed by atoms with Gasteiger partial charge in [0, 0.05) is 5.56 Å². The second kappa shape index (κ2) is 6.11.